The Balaban J connectivity index is 2.20. The van der Waals surface area contributed by atoms with Crippen LogP contribution in [0.25, 0.3) is 0 Å². The lowest BCUT2D eigenvalue weighted by atomic mass is 10.1. The normalized spacial score (nSPS) is 12.2. The molecule has 0 aliphatic carbocycles. The molecular weight excluding hydrogens is 340 g/mol. The molecule has 1 atom stereocenters. The van der Waals surface area contributed by atoms with Crippen molar-refractivity contribution < 1.29 is 9.84 Å². The lowest BCUT2D eigenvalue weighted by molar-refractivity contribution is 0.190. The highest BCUT2D eigenvalue weighted by Gasteiger charge is 2.10. The van der Waals surface area contributed by atoms with Gasteiger partial charge in [-0.15, -0.1) is 0 Å². The van der Waals surface area contributed by atoms with E-state index in [1.54, 1.807) is 6.92 Å². The molecule has 0 fully saturated rings. The Bertz CT molecular complexity index is 611. The highest BCUT2D eigenvalue weighted by molar-refractivity contribution is 9.10. The molecule has 2 nitrogen and oxygen atoms in total. The van der Waals surface area contributed by atoms with Gasteiger partial charge in [-0.1, -0.05) is 45.7 Å². The quantitative estimate of drug-likeness (QED) is 0.832. The zero-order valence-electron chi connectivity index (χ0n) is 11.4. The molecule has 0 bridgehead atoms. The highest BCUT2D eigenvalue weighted by Crippen LogP contribution is 2.28. The van der Waals surface area contributed by atoms with Crippen molar-refractivity contribution in [3.63, 3.8) is 0 Å². The third-order valence-corrected chi connectivity index (χ3v) is 3.86. The van der Waals surface area contributed by atoms with Crippen molar-refractivity contribution >= 4 is 27.5 Å². The number of aliphatic hydroxyl groups excluding tert-OH is 1. The lowest BCUT2D eigenvalue weighted by Gasteiger charge is -2.15. The Hall–Kier alpha value is -1.03. The van der Waals surface area contributed by atoms with E-state index >= 15 is 0 Å². The first-order valence-corrected chi connectivity index (χ1v) is 7.50. The Morgan fingerprint density at radius 2 is 2.00 bits per heavy atom. The molecule has 0 spiro atoms. The molecule has 0 saturated carbocycles. The number of rotatable bonds is 4. The van der Waals surface area contributed by atoms with Crippen molar-refractivity contribution in [3.05, 3.63) is 62.6 Å². The molecule has 0 amide bonds. The molecule has 20 heavy (non-hydrogen) atoms. The fraction of sp³-hybridized carbons (Fsp3) is 0.250. The third-order valence-electron chi connectivity index (χ3n) is 3.02. The minimum Gasteiger partial charge on any atom is -0.488 e. The zero-order chi connectivity index (χ0) is 14.7. The average molecular weight is 356 g/mol. The predicted octanol–water partition coefficient (Wildman–Crippen LogP) is 5.04. The molecule has 1 N–H and O–H groups in total. The van der Waals surface area contributed by atoms with Crippen molar-refractivity contribution in [1.29, 1.82) is 0 Å². The fourth-order valence-electron chi connectivity index (χ4n) is 1.91. The minimum atomic E-state index is -0.564. The van der Waals surface area contributed by atoms with Gasteiger partial charge in [0.2, 0.25) is 0 Å². The van der Waals surface area contributed by atoms with Crippen LogP contribution in [0.4, 0.5) is 0 Å². The summed E-state index contributed by atoms with van der Waals surface area (Å²) in [6, 6.07) is 11.5. The van der Waals surface area contributed by atoms with Gasteiger partial charge in [0.05, 0.1) is 6.10 Å². The summed E-state index contributed by atoms with van der Waals surface area (Å²) in [5, 5.41) is 10.4. The molecule has 0 heterocycles. The summed E-state index contributed by atoms with van der Waals surface area (Å²) in [5.74, 6) is 0.694. The van der Waals surface area contributed by atoms with Gasteiger partial charge in [-0.05, 0) is 37.6 Å². The second kappa shape index (κ2) is 6.61. The number of aryl methyl sites for hydroxylation is 1. The molecule has 4 heteroatoms. The van der Waals surface area contributed by atoms with Crippen LogP contribution in [0.1, 0.15) is 29.7 Å². The van der Waals surface area contributed by atoms with Crippen LogP contribution in [0.3, 0.4) is 0 Å². The van der Waals surface area contributed by atoms with E-state index in [-0.39, 0.29) is 0 Å². The molecule has 0 radical (unpaired) electrons. The van der Waals surface area contributed by atoms with Crippen LogP contribution in [-0.2, 0) is 6.61 Å². The third kappa shape index (κ3) is 3.75. The van der Waals surface area contributed by atoms with Crippen LogP contribution in [0.15, 0.2) is 40.9 Å². The minimum absolute atomic E-state index is 0.370. The monoisotopic (exact) mass is 354 g/mol. The Kier molecular flexibility index (Phi) is 5.08. The summed E-state index contributed by atoms with van der Waals surface area (Å²) in [7, 11) is 0. The Labute approximate surface area is 132 Å². The largest absolute Gasteiger partial charge is 0.488 e. The van der Waals surface area contributed by atoms with Crippen LogP contribution in [0.2, 0.25) is 5.02 Å². The molecule has 0 aliphatic rings. The van der Waals surface area contributed by atoms with E-state index < -0.39 is 6.10 Å². The number of hydrogen-bond donors (Lipinski definition) is 1. The van der Waals surface area contributed by atoms with Crippen molar-refractivity contribution in [2.75, 3.05) is 0 Å². The van der Waals surface area contributed by atoms with Gasteiger partial charge in [0, 0.05) is 20.6 Å². The van der Waals surface area contributed by atoms with Crippen molar-refractivity contribution in [3.8, 4) is 5.75 Å². The van der Waals surface area contributed by atoms with E-state index in [9.17, 15) is 5.11 Å². The number of aliphatic hydroxyl groups is 1. The van der Waals surface area contributed by atoms with Gasteiger partial charge in [-0.3, -0.25) is 0 Å². The molecule has 0 saturated heterocycles. The standard InChI is InChI=1S/C16H16BrClO2/c1-10-3-6-14(11(2)19)16(7-10)20-9-12-4-5-13(17)8-15(12)18/h3-8,11,19H,9H2,1-2H3/t11-/m1/s1. The summed E-state index contributed by atoms with van der Waals surface area (Å²) in [5.41, 5.74) is 2.78. The van der Waals surface area contributed by atoms with E-state index in [1.165, 1.54) is 0 Å². The number of halogens is 2. The first-order valence-electron chi connectivity index (χ1n) is 6.32. The van der Waals surface area contributed by atoms with Crippen molar-refractivity contribution in [2.24, 2.45) is 0 Å². The smallest absolute Gasteiger partial charge is 0.125 e. The van der Waals surface area contributed by atoms with Gasteiger partial charge in [-0.25, -0.2) is 0 Å². The summed E-state index contributed by atoms with van der Waals surface area (Å²) in [6.07, 6.45) is -0.564. The van der Waals surface area contributed by atoms with Gasteiger partial charge < -0.3 is 9.84 Å². The topological polar surface area (TPSA) is 29.5 Å². The molecule has 2 rings (SSSR count). The maximum absolute atomic E-state index is 9.77. The average Bonchev–Trinajstić information content (AvgIpc) is 2.37. The van der Waals surface area contributed by atoms with Gasteiger partial charge in [0.15, 0.2) is 0 Å². The Morgan fingerprint density at radius 1 is 1.25 bits per heavy atom. The van der Waals surface area contributed by atoms with Crippen LogP contribution in [0.5, 0.6) is 5.75 Å². The van der Waals surface area contributed by atoms with E-state index in [0.717, 1.165) is 21.2 Å². The zero-order valence-corrected chi connectivity index (χ0v) is 13.7. The van der Waals surface area contributed by atoms with E-state index in [0.29, 0.717) is 17.4 Å². The predicted molar refractivity (Wildman–Crippen MR) is 85.3 cm³/mol. The SMILES string of the molecule is Cc1ccc([C@@H](C)O)c(OCc2ccc(Br)cc2Cl)c1. The molecule has 2 aromatic rings. The van der Waals surface area contributed by atoms with Crippen molar-refractivity contribution in [1.82, 2.24) is 0 Å². The first-order chi connectivity index (χ1) is 9.47. The van der Waals surface area contributed by atoms with Crippen LogP contribution >= 0.6 is 27.5 Å². The van der Waals surface area contributed by atoms with Gasteiger partial charge >= 0.3 is 0 Å². The maximum Gasteiger partial charge on any atom is 0.125 e. The Morgan fingerprint density at radius 3 is 2.65 bits per heavy atom. The molecule has 2 aromatic carbocycles. The van der Waals surface area contributed by atoms with Gasteiger partial charge in [-0.2, -0.15) is 0 Å². The molecule has 106 valence electrons. The van der Waals surface area contributed by atoms with Crippen molar-refractivity contribution in [2.45, 2.75) is 26.6 Å². The molecular formula is C16H16BrClO2. The highest BCUT2D eigenvalue weighted by atomic mass is 79.9. The summed E-state index contributed by atoms with van der Waals surface area (Å²) >= 11 is 9.54. The molecule has 0 unspecified atom stereocenters. The summed E-state index contributed by atoms with van der Waals surface area (Å²) in [6.45, 7) is 4.09. The first kappa shape index (κ1) is 15.4. The van der Waals surface area contributed by atoms with Gasteiger partial charge in [0.25, 0.3) is 0 Å². The number of ether oxygens (including phenoxy) is 1. The summed E-state index contributed by atoms with van der Waals surface area (Å²) in [4.78, 5) is 0. The molecule has 0 aliphatic heterocycles. The lowest BCUT2D eigenvalue weighted by Crippen LogP contribution is -2.02. The number of hydrogen-bond acceptors (Lipinski definition) is 2. The fourth-order valence-corrected chi connectivity index (χ4v) is 2.63. The van der Waals surface area contributed by atoms with E-state index in [1.807, 2.05) is 43.3 Å². The second-order valence-electron chi connectivity index (χ2n) is 4.74. The van der Waals surface area contributed by atoms with Crippen LogP contribution in [0, 0.1) is 6.92 Å². The van der Waals surface area contributed by atoms with E-state index in [4.69, 9.17) is 16.3 Å². The van der Waals surface area contributed by atoms with E-state index in [2.05, 4.69) is 15.9 Å². The van der Waals surface area contributed by atoms with Gasteiger partial charge in [0.1, 0.15) is 12.4 Å². The van der Waals surface area contributed by atoms with Crippen LogP contribution < -0.4 is 4.74 Å². The second-order valence-corrected chi connectivity index (χ2v) is 6.06. The van der Waals surface area contributed by atoms with Crippen LogP contribution in [-0.4, -0.2) is 5.11 Å². The summed E-state index contributed by atoms with van der Waals surface area (Å²) < 4.78 is 6.76. The maximum atomic E-state index is 9.77. The molecule has 0 aromatic heterocycles. The number of benzene rings is 2.